The standard InChI is InChI=1S/C43H47Cl3F4N4O9/c1-42(2,43(44,45)46)63-41(57)53-30-22-31(27-13-11-26(12-14-27)8-7-20-60-38-34(49)18-17-33(48)37(38)50)36(39(55)52(29-15-16-29)23-28-9-3-4-10-32(28)47)35(53)25-51(24-30)40(56)61-19-5-6-21-62-54(58)59/h3-4,9-14,17-18,29-30,35,58-59H,5-8,15-16,19-25H2,1-2H3. The fourth-order valence-corrected chi connectivity index (χ4v) is 7.61. The van der Waals surface area contributed by atoms with Gasteiger partial charge in [-0.1, -0.05) is 77.3 Å². The number of hydrogen-bond donors (Lipinski definition) is 2. The second-order valence-corrected chi connectivity index (χ2v) is 18.2. The number of benzene rings is 3. The van der Waals surface area contributed by atoms with Gasteiger partial charge in [0.2, 0.25) is 9.61 Å². The zero-order valence-electron chi connectivity index (χ0n) is 34.4. The van der Waals surface area contributed by atoms with E-state index < -0.39 is 74.0 Å². The molecule has 2 atom stereocenters. The minimum absolute atomic E-state index is 0.0388. The van der Waals surface area contributed by atoms with Crippen LogP contribution in [-0.4, -0.2) is 109 Å². The van der Waals surface area contributed by atoms with E-state index in [0.717, 1.165) is 11.6 Å². The molecule has 2 unspecified atom stereocenters. The Morgan fingerprint density at radius 1 is 0.825 bits per heavy atom. The van der Waals surface area contributed by atoms with E-state index in [9.17, 15) is 22.8 Å². The molecule has 13 nitrogen and oxygen atoms in total. The van der Waals surface area contributed by atoms with Crippen molar-refractivity contribution < 1.29 is 61.4 Å². The summed E-state index contributed by atoms with van der Waals surface area (Å²) in [5, 5.41) is 17.1. The fraction of sp³-hybridized carbons (Fsp3) is 0.465. The molecule has 3 aromatic carbocycles. The lowest BCUT2D eigenvalue weighted by atomic mass is 9.81. The molecule has 2 fully saturated rings. The van der Waals surface area contributed by atoms with Crippen molar-refractivity contribution in [3.8, 4) is 5.75 Å². The molecule has 1 aliphatic carbocycles. The number of halogens is 7. The zero-order valence-corrected chi connectivity index (χ0v) is 36.7. The predicted molar refractivity (Wildman–Crippen MR) is 222 cm³/mol. The molecule has 0 spiro atoms. The van der Waals surface area contributed by atoms with E-state index in [1.54, 1.807) is 35.2 Å². The van der Waals surface area contributed by atoms with Crippen LogP contribution in [0.1, 0.15) is 69.1 Å². The van der Waals surface area contributed by atoms with Gasteiger partial charge in [0.1, 0.15) is 5.82 Å². The third kappa shape index (κ3) is 11.9. The molecule has 3 amide bonds. The van der Waals surface area contributed by atoms with Crippen LogP contribution in [-0.2, 0) is 32.1 Å². The highest BCUT2D eigenvalue weighted by Gasteiger charge is 2.52. The third-order valence-electron chi connectivity index (χ3n) is 11.1. The van der Waals surface area contributed by atoms with Crippen LogP contribution in [0.5, 0.6) is 5.75 Å². The van der Waals surface area contributed by atoms with Gasteiger partial charge in [-0.2, -0.15) is 4.39 Å². The second kappa shape index (κ2) is 20.6. The summed E-state index contributed by atoms with van der Waals surface area (Å²) in [5.74, 6) is -5.43. The lowest BCUT2D eigenvalue weighted by molar-refractivity contribution is -0.492. The Hall–Kier alpha value is -4.36. The summed E-state index contributed by atoms with van der Waals surface area (Å²) in [6, 6.07) is 12.7. The van der Waals surface area contributed by atoms with E-state index in [2.05, 4.69) is 4.84 Å². The molecule has 3 aromatic rings. The van der Waals surface area contributed by atoms with Crippen LogP contribution in [0, 0.1) is 23.3 Å². The molecule has 1 saturated carbocycles. The van der Waals surface area contributed by atoms with Crippen LogP contribution in [0.3, 0.4) is 0 Å². The monoisotopic (exact) mass is 944 g/mol. The van der Waals surface area contributed by atoms with Crippen molar-refractivity contribution in [1.82, 2.24) is 20.1 Å². The van der Waals surface area contributed by atoms with Crippen molar-refractivity contribution >= 4 is 58.5 Å². The summed E-state index contributed by atoms with van der Waals surface area (Å²) < 4.78 is 71.6. The van der Waals surface area contributed by atoms with Crippen LogP contribution in [0.25, 0.3) is 5.57 Å². The van der Waals surface area contributed by atoms with E-state index in [4.69, 9.17) is 59.4 Å². The van der Waals surface area contributed by atoms with Gasteiger partial charge in [-0.25, -0.2) is 22.8 Å². The lowest BCUT2D eigenvalue weighted by Gasteiger charge is -2.51. The maximum atomic E-state index is 15.2. The molecular formula is C43H47Cl3F4N4O9. The van der Waals surface area contributed by atoms with Gasteiger partial charge >= 0.3 is 12.2 Å². The Morgan fingerprint density at radius 3 is 2.17 bits per heavy atom. The van der Waals surface area contributed by atoms with Crippen LogP contribution in [0.15, 0.2) is 66.2 Å². The van der Waals surface area contributed by atoms with Gasteiger partial charge in [-0.3, -0.25) is 24.9 Å². The lowest BCUT2D eigenvalue weighted by Crippen LogP contribution is -2.66. The maximum Gasteiger partial charge on any atom is 0.411 e. The zero-order chi connectivity index (χ0) is 45.6. The van der Waals surface area contributed by atoms with Crippen molar-refractivity contribution in [3.63, 3.8) is 0 Å². The molecule has 20 heteroatoms. The van der Waals surface area contributed by atoms with Crippen molar-refractivity contribution in [1.29, 1.82) is 0 Å². The number of unbranched alkanes of at least 4 members (excludes halogenated alkanes) is 1. The summed E-state index contributed by atoms with van der Waals surface area (Å²) >= 11 is 18.7. The van der Waals surface area contributed by atoms with Gasteiger partial charge in [-0.05, 0) is 93.7 Å². The molecule has 63 heavy (non-hydrogen) atoms. The molecule has 2 bridgehead atoms. The van der Waals surface area contributed by atoms with E-state index in [1.165, 1.54) is 29.7 Å². The smallest absolute Gasteiger partial charge is 0.411 e. The molecule has 2 aliphatic heterocycles. The predicted octanol–water partition coefficient (Wildman–Crippen LogP) is 9.17. The number of carbonyl (C=O) groups excluding carboxylic acids is 3. The number of alkyl halides is 3. The normalized spacial score (nSPS) is 17.8. The Morgan fingerprint density at radius 2 is 1.51 bits per heavy atom. The number of rotatable bonds is 17. The summed E-state index contributed by atoms with van der Waals surface area (Å²) in [5.41, 5.74) is 0.849. The first-order valence-electron chi connectivity index (χ1n) is 20.3. The minimum atomic E-state index is -2.05. The molecule has 2 heterocycles. The van der Waals surface area contributed by atoms with Crippen LogP contribution < -0.4 is 4.74 Å². The molecular weight excluding hydrogens is 899 g/mol. The van der Waals surface area contributed by atoms with Crippen molar-refractivity contribution in [3.05, 3.63) is 106 Å². The summed E-state index contributed by atoms with van der Waals surface area (Å²) in [6.07, 6.45) is 1.13. The molecule has 1 saturated heterocycles. The van der Waals surface area contributed by atoms with Crippen molar-refractivity contribution in [2.24, 2.45) is 0 Å². The average molecular weight is 946 g/mol. The summed E-state index contributed by atoms with van der Waals surface area (Å²) in [6.45, 7) is 2.32. The molecule has 0 radical (unpaired) electrons. The second-order valence-electron chi connectivity index (χ2n) is 15.9. The van der Waals surface area contributed by atoms with Gasteiger partial charge in [0.25, 0.3) is 5.91 Å². The molecule has 0 aromatic heterocycles. The van der Waals surface area contributed by atoms with Gasteiger partial charge in [0.05, 0.1) is 37.3 Å². The number of carbonyl (C=O) groups is 3. The highest BCUT2D eigenvalue weighted by Crippen LogP contribution is 2.44. The Kier molecular flexibility index (Phi) is 15.8. The largest absolute Gasteiger partial charge is 0.488 e. The Balaban J connectivity index is 1.33. The first kappa shape index (κ1) is 48.1. The molecule has 2 N–H and O–H groups in total. The fourth-order valence-electron chi connectivity index (χ4n) is 7.49. The third-order valence-corrected chi connectivity index (χ3v) is 12.4. The number of fused-ring (bicyclic) bond motifs is 2. The first-order valence-corrected chi connectivity index (χ1v) is 21.4. The van der Waals surface area contributed by atoms with Crippen LogP contribution in [0.2, 0.25) is 0 Å². The van der Waals surface area contributed by atoms with Gasteiger partial charge in [-0.15, -0.1) is 0 Å². The first-order chi connectivity index (χ1) is 29.9. The van der Waals surface area contributed by atoms with Crippen molar-refractivity contribution in [2.75, 3.05) is 32.9 Å². The average Bonchev–Trinajstić information content (AvgIpc) is 4.07. The molecule has 342 valence electrons. The van der Waals surface area contributed by atoms with Crippen LogP contribution in [0.4, 0.5) is 27.2 Å². The summed E-state index contributed by atoms with van der Waals surface area (Å²) in [4.78, 5) is 52.1. The highest BCUT2D eigenvalue weighted by molar-refractivity contribution is 6.68. The topological polar surface area (TPSA) is 142 Å². The number of piperazine rings is 1. The van der Waals surface area contributed by atoms with Crippen LogP contribution >= 0.6 is 34.8 Å². The minimum Gasteiger partial charge on any atom is -0.488 e. The van der Waals surface area contributed by atoms with Gasteiger partial charge < -0.3 is 24.0 Å². The SMILES string of the molecule is CC(C)(OC(=O)N1C2CC(c3ccc(CCCOc4c(F)ccc(F)c4F)cc3)=C(C(=O)N(Cc3ccccc3F)C3CC3)C1CN(C(=O)OCCCCON(O)O)C2)C(Cl)(Cl)Cl. The number of hydrogen-bond acceptors (Lipinski definition) is 10. The maximum absolute atomic E-state index is 15.2. The van der Waals surface area contributed by atoms with E-state index in [-0.39, 0.29) is 63.1 Å². The Labute approximate surface area is 376 Å². The number of nitrogens with zero attached hydrogens (tertiary/aromatic N) is 4. The Bertz CT molecular complexity index is 2160. The molecule has 3 aliphatic rings. The van der Waals surface area contributed by atoms with Gasteiger partial charge in [0, 0.05) is 36.8 Å². The number of aryl methyl sites for hydroxylation is 1. The quantitative estimate of drug-likeness (QED) is 0.0443. The van der Waals surface area contributed by atoms with E-state index >= 15 is 9.18 Å². The van der Waals surface area contributed by atoms with Gasteiger partial charge in [0.15, 0.2) is 23.0 Å². The number of ether oxygens (including phenoxy) is 3. The number of amides is 3. The van der Waals surface area contributed by atoms with E-state index in [0.29, 0.717) is 55.7 Å². The highest BCUT2D eigenvalue weighted by atomic mass is 35.6. The molecule has 6 rings (SSSR count). The summed E-state index contributed by atoms with van der Waals surface area (Å²) in [7, 11) is 0. The van der Waals surface area contributed by atoms with E-state index in [1.807, 2.05) is 12.1 Å². The van der Waals surface area contributed by atoms with Crippen molar-refractivity contribution in [2.45, 2.75) is 92.9 Å².